The molecule has 1 aliphatic carbocycles. The maximum Gasteiger partial charge on any atom is 0.184 e. The van der Waals surface area contributed by atoms with E-state index >= 15 is 0 Å². The van der Waals surface area contributed by atoms with Crippen LogP contribution in [0, 0.1) is 11.8 Å². The number of nitrogens with zero attached hydrogens (tertiary/aromatic N) is 2. The van der Waals surface area contributed by atoms with Gasteiger partial charge in [0.1, 0.15) is 5.69 Å². The summed E-state index contributed by atoms with van der Waals surface area (Å²) in [6.45, 7) is 3.53. The summed E-state index contributed by atoms with van der Waals surface area (Å²) >= 11 is 0. The summed E-state index contributed by atoms with van der Waals surface area (Å²) in [6, 6.07) is 1.85. The Morgan fingerprint density at radius 2 is 2.28 bits per heavy atom. The Balaban J connectivity index is 2.16. The van der Waals surface area contributed by atoms with Crippen molar-refractivity contribution in [2.45, 2.75) is 45.6 Å². The van der Waals surface area contributed by atoms with Crippen molar-refractivity contribution in [2.24, 2.45) is 17.6 Å². The smallest absolute Gasteiger partial charge is 0.184 e. The molecule has 1 fully saturated rings. The largest absolute Gasteiger partial charge is 0.330 e. The van der Waals surface area contributed by atoms with E-state index in [9.17, 15) is 4.79 Å². The molecule has 0 bridgehead atoms. The van der Waals surface area contributed by atoms with Crippen LogP contribution in [0.25, 0.3) is 0 Å². The molecule has 0 radical (unpaired) electrons. The third kappa shape index (κ3) is 2.64. The first kappa shape index (κ1) is 13.3. The molecule has 1 aromatic rings. The van der Waals surface area contributed by atoms with Crippen LogP contribution in [0.4, 0.5) is 0 Å². The van der Waals surface area contributed by atoms with Crippen LogP contribution in [0.2, 0.25) is 0 Å². The highest BCUT2D eigenvalue weighted by atomic mass is 16.1. The van der Waals surface area contributed by atoms with E-state index in [0.29, 0.717) is 12.5 Å². The third-order valence-corrected chi connectivity index (χ3v) is 3.95. The first-order valence-electron chi connectivity index (χ1n) is 7.04. The van der Waals surface area contributed by atoms with Gasteiger partial charge in [-0.25, -0.2) is 0 Å². The Morgan fingerprint density at radius 1 is 1.50 bits per heavy atom. The highest BCUT2D eigenvalue weighted by Crippen LogP contribution is 2.31. The number of aryl methyl sites for hydroxylation is 1. The minimum Gasteiger partial charge on any atom is -0.330 e. The fourth-order valence-electron chi connectivity index (χ4n) is 2.96. The predicted molar refractivity (Wildman–Crippen MR) is 71.4 cm³/mol. The second kappa shape index (κ2) is 6.14. The van der Waals surface area contributed by atoms with Crippen molar-refractivity contribution < 1.29 is 4.79 Å². The van der Waals surface area contributed by atoms with E-state index in [2.05, 4.69) is 12.0 Å². The van der Waals surface area contributed by atoms with Gasteiger partial charge < -0.3 is 5.73 Å². The fourth-order valence-corrected chi connectivity index (χ4v) is 2.96. The Hall–Kier alpha value is -1.16. The van der Waals surface area contributed by atoms with Gasteiger partial charge >= 0.3 is 0 Å². The molecule has 18 heavy (non-hydrogen) atoms. The van der Waals surface area contributed by atoms with E-state index in [-0.39, 0.29) is 11.7 Å². The summed E-state index contributed by atoms with van der Waals surface area (Å²) in [5.41, 5.74) is 6.57. The molecule has 1 saturated carbocycles. The summed E-state index contributed by atoms with van der Waals surface area (Å²) in [7, 11) is 0. The van der Waals surface area contributed by atoms with Gasteiger partial charge in [0, 0.05) is 18.7 Å². The molecule has 2 unspecified atom stereocenters. The van der Waals surface area contributed by atoms with Crippen LogP contribution in [-0.4, -0.2) is 22.1 Å². The highest BCUT2D eigenvalue weighted by Gasteiger charge is 2.31. The zero-order valence-electron chi connectivity index (χ0n) is 11.1. The van der Waals surface area contributed by atoms with E-state index in [4.69, 9.17) is 5.73 Å². The quantitative estimate of drug-likeness (QED) is 0.814. The average molecular weight is 249 g/mol. The molecule has 0 saturated heterocycles. The van der Waals surface area contributed by atoms with Gasteiger partial charge in [0.15, 0.2) is 5.78 Å². The Kier molecular flexibility index (Phi) is 4.53. The molecule has 100 valence electrons. The number of Topliss-reactive ketones (excluding diaryl/α,β-unsaturated/α-hetero) is 1. The van der Waals surface area contributed by atoms with Gasteiger partial charge in [-0.1, -0.05) is 19.8 Å². The highest BCUT2D eigenvalue weighted by molar-refractivity contribution is 5.96. The van der Waals surface area contributed by atoms with Gasteiger partial charge in [-0.2, -0.15) is 5.10 Å². The lowest BCUT2D eigenvalue weighted by atomic mass is 9.76. The number of carbonyl (C=O) groups is 1. The van der Waals surface area contributed by atoms with Crippen LogP contribution >= 0.6 is 0 Å². The van der Waals surface area contributed by atoms with Crippen molar-refractivity contribution in [3.63, 3.8) is 0 Å². The fraction of sp³-hybridized carbons (Fsp3) is 0.714. The van der Waals surface area contributed by atoms with Gasteiger partial charge in [-0.15, -0.1) is 0 Å². The molecule has 1 heterocycles. The Bertz CT molecular complexity index is 399. The zero-order valence-corrected chi connectivity index (χ0v) is 11.1. The second-order valence-corrected chi connectivity index (χ2v) is 5.19. The standard InChI is InChI=1S/C14H23N3O/c1-2-9-17-13(7-8-16-17)14(18)12-6-4-3-5-11(12)10-15/h7-8,11-12H,2-6,9-10,15H2,1H3. The number of nitrogens with two attached hydrogens (primary N) is 1. The van der Waals surface area contributed by atoms with E-state index in [1.54, 1.807) is 6.20 Å². The molecule has 4 heteroatoms. The Labute approximate surface area is 109 Å². The average Bonchev–Trinajstić information content (AvgIpc) is 2.86. The maximum absolute atomic E-state index is 12.6. The topological polar surface area (TPSA) is 60.9 Å². The minimum absolute atomic E-state index is 0.107. The molecule has 2 N–H and O–H groups in total. The number of carbonyl (C=O) groups excluding carboxylic acids is 1. The van der Waals surface area contributed by atoms with Crippen molar-refractivity contribution in [1.29, 1.82) is 0 Å². The van der Waals surface area contributed by atoms with E-state index in [1.165, 1.54) is 6.42 Å². The SMILES string of the molecule is CCCn1nccc1C(=O)C1CCCCC1CN. The number of hydrogen-bond donors (Lipinski definition) is 1. The van der Waals surface area contributed by atoms with Crippen LogP contribution in [0.15, 0.2) is 12.3 Å². The zero-order chi connectivity index (χ0) is 13.0. The molecule has 2 rings (SSSR count). The number of aromatic nitrogens is 2. The van der Waals surface area contributed by atoms with Crippen molar-refractivity contribution in [3.8, 4) is 0 Å². The number of hydrogen-bond acceptors (Lipinski definition) is 3. The predicted octanol–water partition coefficient (Wildman–Crippen LogP) is 2.24. The number of ketones is 1. The Morgan fingerprint density at radius 3 is 3.00 bits per heavy atom. The molecular weight excluding hydrogens is 226 g/mol. The van der Waals surface area contributed by atoms with Crippen molar-refractivity contribution in [1.82, 2.24) is 9.78 Å². The molecule has 0 spiro atoms. The van der Waals surface area contributed by atoms with E-state index in [1.807, 2.05) is 10.7 Å². The van der Waals surface area contributed by atoms with Gasteiger partial charge in [0.25, 0.3) is 0 Å². The van der Waals surface area contributed by atoms with Crippen LogP contribution in [0.5, 0.6) is 0 Å². The van der Waals surface area contributed by atoms with Crippen LogP contribution in [0.1, 0.15) is 49.5 Å². The van der Waals surface area contributed by atoms with Crippen LogP contribution in [0.3, 0.4) is 0 Å². The monoisotopic (exact) mass is 249 g/mol. The first-order valence-corrected chi connectivity index (χ1v) is 7.04. The third-order valence-electron chi connectivity index (χ3n) is 3.95. The molecule has 0 aliphatic heterocycles. The van der Waals surface area contributed by atoms with Crippen LogP contribution in [-0.2, 0) is 6.54 Å². The van der Waals surface area contributed by atoms with Crippen LogP contribution < -0.4 is 5.73 Å². The second-order valence-electron chi connectivity index (χ2n) is 5.19. The molecule has 1 aromatic heterocycles. The van der Waals surface area contributed by atoms with Gasteiger partial charge in [0.05, 0.1) is 0 Å². The lowest BCUT2D eigenvalue weighted by Crippen LogP contribution is -2.33. The molecule has 2 atom stereocenters. The van der Waals surface area contributed by atoms with Crippen molar-refractivity contribution >= 4 is 5.78 Å². The summed E-state index contributed by atoms with van der Waals surface area (Å²) in [6.07, 6.45) is 7.15. The van der Waals surface area contributed by atoms with Gasteiger partial charge in [-0.05, 0) is 37.8 Å². The molecule has 4 nitrogen and oxygen atoms in total. The molecule has 0 aromatic carbocycles. The van der Waals surface area contributed by atoms with E-state index < -0.39 is 0 Å². The summed E-state index contributed by atoms with van der Waals surface area (Å²) in [5.74, 6) is 0.711. The van der Waals surface area contributed by atoms with Crippen molar-refractivity contribution in [2.75, 3.05) is 6.54 Å². The van der Waals surface area contributed by atoms with E-state index in [0.717, 1.165) is 37.9 Å². The normalized spacial score (nSPS) is 24.1. The first-order chi connectivity index (χ1) is 8.77. The maximum atomic E-state index is 12.6. The molecular formula is C14H23N3O. The lowest BCUT2D eigenvalue weighted by Gasteiger charge is -2.29. The summed E-state index contributed by atoms with van der Waals surface area (Å²) in [4.78, 5) is 12.6. The van der Waals surface area contributed by atoms with Gasteiger partial charge in [0.2, 0.25) is 0 Å². The summed E-state index contributed by atoms with van der Waals surface area (Å²) in [5, 5.41) is 4.24. The number of rotatable bonds is 5. The summed E-state index contributed by atoms with van der Waals surface area (Å²) < 4.78 is 1.84. The minimum atomic E-state index is 0.107. The lowest BCUT2D eigenvalue weighted by molar-refractivity contribution is 0.0818. The van der Waals surface area contributed by atoms with Crippen molar-refractivity contribution in [3.05, 3.63) is 18.0 Å². The molecule has 1 aliphatic rings. The van der Waals surface area contributed by atoms with Gasteiger partial charge in [-0.3, -0.25) is 9.48 Å². The molecule has 0 amide bonds.